The lowest BCUT2D eigenvalue weighted by Crippen LogP contribution is -2.51. The molecule has 0 heterocycles. The molecule has 4 aliphatic rings. The number of rotatable bonds is 2. The summed E-state index contributed by atoms with van der Waals surface area (Å²) in [6, 6.07) is 0. The molecule has 0 aliphatic heterocycles. The summed E-state index contributed by atoms with van der Waals surface area (Å²) in [5, 5.41) is 25.9. The summed E-state index contributed by atoms with van der Waals surface area (Å²) in [7, 11) is 0. The fourth-order valence-corrected chi connectivity index (χ4v) is 8.11. The number of allylic oxidation sites excluding steroid dienone is 2. The van der Waals surface area contributed by atoms with Crippen molar-refractivity contribution in [1.82, 2.24) is 0 Å². The summed E-state index contributed by atoms with van der Waals surface area (Å²) < 4.78 is 0. The highest BCUT2D eigenvalue weighted by molar-refractivity contribution is 5.96. The van der Waals surface area contributed by atoms with E-state index in [2.05, 4.69) is 37.2 Å². The third kappa shape index (κ3) is 2.61. The Kier molecular flexibility index (Phi) is 4.67. The third-order valence-electron chi connectivity index (χ3n) is 9.41. The largest absolute Gasteiger partial charge is 0.411 e. The second-order valence-electron chi connectivity index (χ2n) is 10.3. The highest BCUT2D eigenvalue weighted by atomic mass is 16.4. The molecule has 150 valence electrons. The van der Waals surface area contributed by atoms with Crippen LogP contribution in [0, 0.1) is 40.4 Å². The van der Waals surface area contributed by atoms with Gasteiger partial charge in [0.25, 0.3) is 0 Å². The van der Waals surface area contributed by atoms with Crippen molar-refractivity contribution in [2.75, 3.05) is 0 Å². The van der Waals surface area contributed by atoms with Gasteiger partial charge < -0.3 is 10.4 Å². The molecule has 4 heteroatoms. The Bertz CT molecular complexity index is 696. The first-order valence-electron chi connectivity index (χ1n) is 11.0. The molecular formula is C23H36N2O2. The van der Waals surface area contributed by atoms with Crippen molar-refractivity contribution in [3.8, 4) is 0 Å². The smallest absolute Gasteiger partial charge is 0.0795 e. The van der Waals surface area contributed by atoms with Crippen molar-refractivity contribution in [1.29, 1.82) is 0 Å². The number of hydrogen-bond acceptors (Lipinski definition) is 4. The van der Waals surface area contributed by atoms with Crippen molar-refractivity contribution in [3.05, 3.63) is 11.6 Å². The quantitative estimate of drug-likeness (QED) is 0.361. The Morgan fingerprint density at radius 1 is 1.15 bits per heavy atom. The zero-order valence-electron chi connectivity index (χ0n) is 17.4. The Morgan fingerprint density at radius 3 is 2.59 bits per heavy atom. The molecule has 0 saturated heterocycles. The molecule has 3 saturated carbocycles. The molecule has 0 spiro atoms. The summed E-state index contributed by atoms with van der Waals surface area (Å²) in [5.74, 6) is 3.36. The minimum Gasteiger partial charge on any atom is -0.411 e. The number of oxime groups is 2. The first kappa shape index (κ1) is 19.0. The number of hydrogen-bond donors (Lipinski definition) is 2. The summed E-state index contributed by atoms with van der Waals surface area (Å²) in [4.78, 5) is 0. The van der Waals surface area contributed by atoms with E-state index in [-0.39, 0.29) is 10.8 Å². The van der Waals surface area contributed by atoms with Crippen molar-refractivity contribution in [2.24, 2.45) is 50.7 Å². The van der Waals surface area contributed by atoms with Crippen LogP contribution in [0.25, 0.3) is 0 Å². The van der Waals surface area contributed by atoms with E-state index in [0.717, 1.165) is 48.4 Å². The second-order valence-corrected chi connectivity index (χ2v) is 10.3. The van der Waals surface area contributed by atoms with E-state index in [4.69, 9.17) is 0 Å². The molecule has 0 aromatic rings. The van der Waals surface area contributed by atoms with E-state index in [1.807, 2.05) is 6.92 Å². The van der Waals surface area contributed by atoms with Crippen LogP contribution in [0.4, 0.5) is 0 Å². The number of nitrogens with zero attached hydrogens (tertiary/aromatic N) is 2. The first-order valence-corrected chi connectivity index (χ1v) is 11.0. The molecule has 27 heavy (non-hydrogen) atoms. The second kappa shape index (κ2) is 6.63. The van der Waals surface area contributed by atoms with Gasteiger partial charge in [0.05, 0.1) is 11.4 Å². The lowest BCUT2D eigenvalue weighted by molar-refractivity contribution is -0.0412. The van der Waals surface area contributed by atoms with Gasteiger partial charge in [-0.15, -0.1) is 0 Å². The fraction of sp³-hybridized carbons (Fsp3) is 0.826. The van der Waals surface area contributed by atoms with E-state index >= 15 is 0 Å². The average molecular weight is 373 g/mol. The van der Waals surface area contributed by atoms with Crippen molar-refractivity contribution in [3.63, 3.8) is 0 Å². The van der Waals surface area contributed by atoms with Gasteiger partial charge in [0.2, 0.25) is 0 Å². The molecule has 0 amide bonds. The molecule has 2 N–H and O–H groups in total. The summed E-state index contributed by atoms with van der Waals surface area (Å²) in [6.45, 7) is 9.32. The summed E-state index contributed by atoms with van der Waals surface area (Å²) in [6.07, 6.45) is 11.6. The fourth-order valence-electron chi connectivity index (χ4n) is 8.11. The van der Waals surface area contributed by atoms with Crippen LogP contribution in [-0.4, -0.2) is 21.8 Å². The van der Waals surface area contributed by atoms with Gasteiger partial charge in [-0.25, -0.2) is 0 Å². The Morgan fingerprint density at radius 2 is 1.93 bits per heavy atom. The van der Waals surface area contributed by atoms with Crippen LogP contribution in [0.2, 0.25) is 0 Å². The highest BCUT2D eigenvalue weighted by Crippen LogP contribution is 2.68. The van der Waals surface area contributed by atoms with E-state index in [9.17, 15) is 10.4 Å². The van der Waals surface area contributed by atoms with Crippen LogP contribution in [0.15, 0.2) is 22.0 Å². The predicted octanol–water partition coefficient (Wildman–Crippen LogP) is 5.88. The molecule has 4 nitrogen and oxygen atoms in total. The van der Waals surface area contributed by atoms with Crippen LogP contribution in [0.5, 0.6) is 0 Å². The van der Waals surface area contributed by atoms with Crippen molar-refractivity contribution >= 4 is 11.4 Å². The molecule has 4 rings (SSSR count). The number of fused-ring (bicyclic) bond motifs is 5. The van der Waals surface area contributed by atoms with Gasteiger partial charge in [0.1, 0.15) is 0 Å². The summed E-state index contributed by atoms with van der Waals surface area (Å²) in [5.41, 5.74) is 3.90. The van der Waals surface area contributed by atoms with Gasteiger partial charge in [-0.1, -0.05) is 43.1 Å². The van der Waals surface area contributed by atoms with Gasteiger partial charge in [-0.2, -0.15) is 0 Å². The van der Waals surface area contributed by atoms with E-state index in [0.29, 0.717) is 11.8 Å². The van der Waals surface area contributed by atoms with Crippen LogP contribution in [0.1, 0.15) is 79.1 Å². The highest BCUT2D eigenvalue weighted by Gasteiger charge is 2.61. The zero-order valence-corrected chi connectivity index (χ0v) is 17.4. The monoisotopic (exact) mass is 372 g/mol. The van der Waals surface area contributed by atoms with Crippen molar-refractivity contribution in [2.45, 2.75) is 79.1 Å². The molecule has 4 aliphatic carbocycles. The summed E-state index contributed by atoms with van der Waals surface area (Å²) >= 11 is 0. The van der Waals surface area contributed by atoms with E-state index in [1.54, 1.807) is 0 Å². The zero-order chi connectivity index (χ0) is 19.4. The minimum absolute atomic E-state index is 0.276. The van der Waals surface area contributed by atoms with Crippen LogP contribution in [0.3, 0.4) is 0 Å². The molecule has 0 bridgehead atoms. The molecular weight excluding hydrogens is 336 g/mol. The normalized spacial score (nSPS) is 48.6. The topological polar surface area (TPSA) is 65.2 Å². The lowest BCUT2D eigenvalue weighted by atomic mass is 9.46. The van der Waals surface area contributed by atoms with Crippen molar-refractivity contribution < 1.29 is 10.4 Å². The van der Waals surface area contributed by atoms with Crippen LogP contribution < -0.4 is 0 Å². The molecule has 3 fully saturated rings. The minimum atomic E-state index is 0.276. The van der Waals surface area contributed by atoms with Gasteiger partial charge in [-0.05, 0) is 92.4 Å². The first-order chi connectivity index (χ1) is 12.9. The Labute approximate surface area is 163 Å². The van der Waals surface area contributed by atoms with E-state index in [1.165, 1.54) is 37.7 Å². The molecule has 0 aromatic carbocycles. The molecule has 0 radical (unpaired) electrons. The average Bonchev–Trinajstić information content (AvgIpc) is 2.99. The maximum atomic E-state index is 9.54. The van der Waals surface area contributed by atoms with Gasteiger partial charge in [-0.3, -0.25) is 0 Å². The predicted molar refractivity (Wildman–Crippen MR) is 108 cm³/mol. The SMILES string of the molecule is CC[C@@H]1CC2C3CCC4=C/C(=N/O)CC[C@]4(C)C3CC[C@]2(C)[C@H]1/C(C)=N\O. The maximum absolute atomic E-state index is 9.54. The van der Waals surface area contributed by atoms with Crippen LogP contribution >= 0.6 is 0 Å². The Balaban J connectivity index is 1.68. The molecule has 3 unspecified atom stereocenters. The molecule has 7 atom stereocenters. The van der Waals surface area contributed by atoms with Gasteiger partial charge >= 0.3 is 0 Å². The van der Waals surface area contributed by atoms with E-state index < -0.39 is 0 Å². The van der Waals surface area contributed by atoms with Gasteiger partial charge in [0.15, 0.2) is 0 Å². The third-order valence-corrected chi connectivity index (χ3v) is 9.41. The van der Waals surface area contributed by atoms with Crippen LogP contribution in [-0.2, 0) is 0 Å². The van der Waals surface area contributed by atoms with Gasteiger partial charge in [0, 0.05) is 5.92 Å². The maximum Gasteiger partial charge on any atom is 0.0795 e. The Hall–Kier alpha value is -1.32. The lowest BCUT2D eigenvalue weighted by Gasteiger charge is -2.58. The molecule has 0 aromatic heterocycles. The standard InChI is InChI=1S/C23H36N2O2/c1-5-15-12-20-18-7-6-16-13-17(25-27)8-10-22(16,3)19(18)9-11-23(20,4)21(15)14(2)24-26/h13,15,18-21,26-27H,5-12H2,1-4H3/b24-14-,25-17+/t15-,18?,19?,20?,21+,22+,23+/m1/s1.